The van der Waals surface area contributed by atoms with Crippen molar-refractivity contribution in [2.75, 3.05) is 6.54 Å². The van der Waals surface area contributed by atoms with E-state index < -0.39 is 20.0 Å². The largest absolute Gasteiger partial charge is 0.244 e. The molecule has 0 unspecified atom stereocenters. The molecule has 0 aromatic heterocycles. The topological polar surface area (TPSA) is 97.5 Å². The number of nitrogens with two attached hydrogens (primary N) is 1. The number of rotatable bonds is 5. The Labute approximate surface area is 114 Å². The van der Waals surface area contributed by atoms with E-state index in [1.165, 1.54) is 28.6 Å². The monoisotopic (exact) mass is 306 g/mol. The molecule has 1 aromatic rings. The van der Waals surface area contributed by atoms with Crippen molar-refractivity contribution in [3.63, 3.8) is 0 Å². The van der Waals surface area contributed by atoms with Crippen molar-refractivity contribution in [1.82, 2.24) is 4.31 Å². The molecule has 0 saturated carbocycles. The highest BCUT2D eigenvalue weighted by Crippen LogP contribution is 2.24. The van der Waals surface area contributed by atoms with Crippen molar-refractivity contribution < 1.29 is 16.8 Å². The van der Waals surface area contributed by atoms with Gasteiger partial charge in [-0.1, -0.05) is 19.1 Å². The predicted octanol–water partition coefficient (Wildman–Crippen LogP) is 0.753. The van der Waals surface area contributed by atoms with Gasteiger partial charge < -0.3 is 0 Å². The Morgan fingerprint density at radius 1 is 1.11 bits per heavy atom. The zero-order valence-corrected chi connectivity index (χ0v) is 12.7. The minimum atomic E-state index is -4.09. The van der Waals surface area contributed by atoms with Crippen LogP contribution >= 0.6 is 0 Å². The van der Waals surface area contributed by atoms with Gasteiger partial charge in [-0.05, 0) is 26.0 Å². The van der Waals surface area contributed by atoms with Gasteiger partial charge in [0, 0.05) is 12.6 Å². The lowest BCUT2D eigenvalue weighted by Crippen LogP contribution is -2.37. The summed E-state index contributed by atoms with van der Waals surface area (Å²) in [4.78, 5) is -0.665. The molecule has 0 spiro atoms. The van der Waals surface area contributed by atoms with Crippen molar-refractivity contribution in [2.24, 2.45) is 5.14 Å². The second kappa shape index (κ2) is 5.58. The van der Waals surface area contributed by atoms with Crippen LogP contribution in [0.2, 0.25) is 0 Å². The Morgan fingerprint density at radius 2 is 1.58 bits per heavy atom. The molecule has 6 nitrogen and oxygen atoms in total. The summed E-state index contributed by atoms with van der Waals surface area (Å²) in [6, 6.07) is 5.07. The van der Waals surface area contributed by atoms with E-state index in [4.69, 9.17) is 5.14 Å². The summed E-state index contributed by atoms with van der Waals surface area (Å²) in [6.07, 6.45) is 0. The van der Waals surface area contributed by atoms with Gasteiger partial charge in [0.1, 0.15) is 9.79 Å². The van der Waals surface area contributed by atoms with Gasteiger partial charge in [0.05, 0.1) is 0 Å². The van der Waals surface area contributed by atoms with Crippen LogP contribution in [-0.4, -0.2) is 33.7 Å². The molecule has 8 heteroatoms. The van der Waals surface area contributed by atoms with Gasteiger partial charge in [0.2, 0.25) is 20.0 Å². The maximum atomic E-state index is 12.5. The lowest BCUT2D eigenvalue weighted by atomic mass is 10.4. The van der Waals surface area contributed by atoms with Crippen LogP contribution in [-0.2, 0) is 20.0 Å². The van der Waals surface area contributed by atoms with E-state index in [9.17, 15) is 16.8 Å². The molecule has 19 heavy (non-hydrogen) atoms. The standard InChI is InChI=1S/C11H18N2O4S2/c1-4-13(9(2)3)19(16,17)11-8-6-5-7-10(11)18(12,14)15/h5-9H,4H2,1-3H3,(H2,12,14,15). The first-order valence-corrected chi connectivity index (χ1v) is 8.74. The van der Waals surface area contributed by atoms with Crippen molar-refractivity contribution in [3.05, 3.63) is 24.3 Å². The highest BCUT2D eigenvalue weighted by atomic mass is 32.2. The predicted molar refractivity (Wildman–Crippen MR) is 72.5 cm³/mol. The molecule has 0 aliphatic rings. The van der Waals surface area contributed by atoms with Crippen LogP contribution < -0.4 is 5.14 Å². The molecule has 1 rings (SSSR count). The highest BCUT2D eigenvalue weighted by molar-refractivity contribution is 7.92. The smallest absolute Gasteiger partial charge is 0.225 e. The van der Waals surface area contributed by atoms with Gasteiger partial charge in [0.25, 0.3) is 0 Å². The van der Waals surface area contributed by atoms with Crippen LogP contribution in [0.25, 0.3) is 0 Å². The molecular weight excluding hydrogens is 288 g/mol. The summed E-state index contributed by atoms with van der Waals surface area (Å²) in [6.45, 7) is 5.39. The molecule has 1 aromatic carbocycles. The third-order valence-corrected chi connectivity index (χ3v) is 5.94. The molecule has 0 aliphatic carbocycles. The van der Waals surface area contributed by atoms with Crippen LogP contribution in [0.4, 0.5) is 0 Å². The maximum Gasteiger partial charge on any atom is 0.244 e. The average Bonchev–Trinajstić information content (AvgIpc) is 2.27. The Hall–Kier alpha value is -0.960. The number of primary sulfonamides is 1. The molecule has 0 bridgehead atoms. The fraction of sp³-hybridized carbons (Fsp3) is 0.455. The molecule has 0 fully saturated rings. The van der Waals surface area contributed by atoms with Gasteiger partial charge in [-0.2, -0.15) is 4.31 Å². The van der Waals surface area contributed by atoms with Gasteiger partial charge in [-0.15, -0.1) is 0 Å². The molecule has 0 radical (unpaired) electrons. The van der Waals surface area contributed by atoms with Gasteiger partial charge in [0.15, 0.2) is 0 Å². The van der Waals surface area contributed by atoms with E-state index in [0.29, 0.717) is 0 Å². The number of nitrogens with zero attached hydrogens (tertiary/aromatic N) is 1. The fourth-order valence-corrected chi connectivity index (χ4v) is 4.84. The van der Waals surface area contributed by atoms with Crippen molar-refractivity contribution in [2.45, 2.75) is 36.6 Å². The van der Waals surface area contributed by atoms with E-state index >= 15 is 0 Å². The molecule has 0 amide bonds. The summed E-state index contributed by atoms with van der Waals surface area (Å²) >= 11 is 0. The molecule has 108 valence electrons. The zero-order valence-electron chi connectivity index (χ0n) is 11.1. The van der Waals surface area contributed by atoms with Crippen molar-refractivity contribution in [1.29, 1.82) is 0 Å². The SMILES string of the molecule is CCN(C(C)C)S(=O)(=O)c1ccccc1S(N)(=O)=O. The quantitative estimate of drug-likeness (QED) is 0.868. The number of benzene rings is 1. The summed E-state index contributed by atoms with van der Waals surface area (Å²) in [5, 5.41) is 5.06. The normalized spacial score (nSPS) is 13.2. The first kappa shape index (κ1) is 16.1. The zero-order chi connectivity index (χ0) is 14.8. The summed E-state index contributed by atoms with van der Waals surface area (Å²) in [5.74, 6) is 0. The summed E-state index contributed by atoms with van der Waals surface area (Å²) in [7, 11) is -7.98. The van der Waals surface area contributed by atoms with Crippen LogP contribution in [0, 0.1) is 0 Å². The lowest BCUT2D eigenvalue weighted by Gasteiger charge is -2.25. The number of sulfonamides is 2. The fourth-order valence-electron chi connectivity index (χ4n) is 1.84. The molecule has 0 aliphatic heterocycles. The summed E-state index contributed by atoms with van der Waals surface area (Å²) in [5.41, 5.74) is 0. The second-order valence-electron chi connectivity index (χ2n) is 4.29. The van der Waals surface area contributed by atoms with E-state index in [0.717, 1.165) is 0 Å². The van der Waals surface area contributed by atoms with Crippen LogP contribution in [0.1, 0.15) is 20.8 Å². The van der Waals surface area contributed by atoms with Crippen LogP contribution in [0.3, 0.4) is 0 Å². The van der Waals surface area contributed by atoms with Gasteiger partial charge in [-0.25, -0.2) is 22.0 Å². The Kier molecular flexibility index (Phi) is 4.72. The average molecular weight is 306 g/mol. The molecule has 0 saturated heterocycles. The maximum absolute atomic E-state index is 12.5. The highest BCUT2D eigenvalue weighted by Gasteiger charge is 2.30. The van der Waals surface area contributed by atoms with Gasteiger partial charge >= 0.3 is 0 Å². The van der Waals surface area contributed by atoms with E-state index in [2.05, 4.69) is 0 Å². The van der Waals surface area contributed by atoms with E-state index in [1.807, 2.05) is 0 Å². The van der Waals surface area contributed by atoms with Gasteiger partial charge in [-0.3, -0.25) is 0 Å². The first-order chi connectivity index (χ1) is 8.62. The van der Waals surface area contributed by atoms with Crippen LogP contribution in [0.15, 0.2) is 34.1 Å². The Bertz CT molecular complexity index is 651. The minimum Gasteiger partial charge on any atom is -0.225 e. The van der Waals surface area contributed by atoms with Crippen molar-refractivity contribution >= 4 is 20.0 Å². The molecular formula is C11H18N2O4S2. The second-order valence-corrected chi connectivity index (χ2v) is 7.68. The Morgan fingerprint density at radius 3 is 1.95 bits per heavy atom. The molecule has 0 atom stereocenters. The molecule has 2 N–H and O–H groups in total. The van der Waals surface area contributed by atoms with Crippen LogP contribution in [0.5, 0.6) is 0 Å². The third kappa shape index (κ3) is 3.33. The number of hydrogen-bond acceptors (Lipinski definition) is 4. The lowest BCUT2D eigenvalue weighted by molar-refractivity contribution is 0.368. The third-order valence-electron chi connectivity index (χ3n) is 2.63. The number of hydrogen-bond donors (Lipinski definition) is 1. The van der Waals surface area contributed by atoms with Crippen molar-refractivity contribution in [3.8, 4) is 0 Å². The minimum absolute atomic E-state index is 0.249. The van der Waals surface area contributed by atoms with E-state index in [1.54, 1.807) is 20.8 Å². The summed E-state index contributed by atoms with van der Waals surface area (Å²) < 4.78 is 49.1. The molecule has 0 heterocycles. The first-order valence-electron chi connectivity index (χ1n) is 5.76. The van der Waals surface area contributed by atoms with E-state index in [-0.39, 0.29) is 22.4 Å². The Balaban J connectivity index is 3.55.